The van der Waals surface area contributed by atoms with Gasteiger partial charge in [0.2, 0.25) is 0 Å². The Hall–Kier alpha value is -1.12. The third kappa shape index (κ3) is 11.4. The third-order valence-electron chi connectivity index (χ3n) is 3.61. The molecule has 0 saturated heterocycles. The number of allylic oxidation sites excluding steroid dienone is 2. The number of hydrogen-bond acceptors (Lipinski definition) is 1. The Labute approximate surface area is 153 Å². The molecule has 2 heteroatoms. The van der Waals surface area contributed by atoms with Crippen molar-refractivity contribution in [3.63, 3.8) is 0 Å². The molecule has 0 saturated carbocycles. The van der Waals surface area contributed by atoms with Crippen LogP contribution >= 0.6 is 0 Å². The van der Waals surface area contributed by atoms with E-state index in [-0.39, 0.29) is 0 Å². The van der Waals surface area contributed by atoms with Crippen LogP contribution in [0.25, 0.3) is 0 Å². The molecule has 1 aromatic carbocycles. The van der Waals surface area contributed by atoms with Gasteiger partial charge in [-0.25, -0.2) is 0 Å². The van der Waals surface area contributed by atoms with Crippen molar-refractivity contribution < 1.29 is 7.48 Å². The van der Waals surface area contributed by atoms with Crippen LogP contribution in [0.1, 0.15) is 53.8 Å². The summed E-state index contributed by atoms with van der Waals surface area (Å²) < 4.78 is 22.5. The molecule has 0 atom stereocenters. The average Bonchev–Trinajstić information content (AvgIpc) is 2.61. The SMILES string of the molecule is [2H]/C(=C\C(CCCCCC)=C(/[2H])[Si](C)(C)C)CCOCc1ccccc1. The van der Waals surface area contributed by atoms with Crippen molar-refractivity contribution >= 4 is 8.07 Å². The first kappa shape index (κ1) is 17.7. The van der Waals surface area contributed by atoms with Crippen molar-refractivity contribution in [2.45, 2.75) is 71.7 Å². The van der Waals surface area contributed by atoms with Crippen molar-refractivity contribution in [2.24, 2.45) is 0 Å². The van der Waals surface area contributed by atoms with Gasteiger partial charge in [0, 0.05) is 0 Å². The van der Waals surface area contributed by atoms with Gasteiger partial charge in [-0.05, 0) is 24.8 Å². The molecule has 1 nitrogen and oxygen atoms in total. The molecule has 24 heavy (non-hydrogen) atoms. The zero-order valence-corrected chi connectivity index (χ0v) is 17.0. The average molecular weight is 347 g/mol. The number of rotatable bonds is 12. The fourth-order valence-corrected chi connectivity index (χ4v) is 3.65. The van der Waals surface area contributed by atoms with E-state index in [1.165, 1.54) is 19.3 Å². The van der Waals surface area contributed by atoms with E-state index in [0.29, 0.717) is 25.7 Å². The molecule has 1 rings (SSSR count). The predicted molar refractivity (Wildman–Crippen MR) is 110 cm³/mol. The summed E-state index contributed by atoms with van der Waals surface area (Å²) in [5.74, 6) is 0. The minimum Gasteiger partial charge on any atom is -0.376 e. The van der Waals surface area contributed by atoms with Crippen LogP contribution in [0, 0.1) is 0 Å². The Bertz CT molecular complexity index is 574. The highest BCUT2D eigenvalue weighted by atomic mass is 28.3. The monoisotopic (exact) mass is 346 g/mol. The number of ether oxygens (including phenoxy) is 1. The highest BCUT2D eigenvalue weighted by molar-refractivity contribution is 6.81. The largest absolute Gasteiger partial charge is 0.376 e. The first-order chi connectivity index (χ1) is 12.3. The maximum atomic E-state index is 8.56. The summed E-state index contributed by atoms with van der Waals surface area (Å²) in [5.41, 5.74) is 3.03. The van der Waals surface area contributed by atoms with E-state index >= 15 is 0 Å². The molecule has 0 bridgehead atoms. The van der Waals surface area contributed by atoms with Crippen LogP contribution < -0.4 is 0 Å². The van der Waals surface area contributed by atoms with Gasteiger partial charge in [-0.3, -0.25) is 0 Å². The predicted octanol–water partition coefficient (Wildman–Crippen LogP) is 6.92. The summed E-state index contributed by atoms with van der Waals surface area (Å²) in [4.78, 5) is 0. The number of unbranched alkanes of at least 4 members (excludes halogenated alkanes) is 3. The first-order valence-corrected chi connectivity index (χ1v) is 12.8. The highest BCUT2D eigenvalue weighted by Gasteiger charge is 2.09. The molecule has 0 unspecified atom stereocenters. The Morgan fingerprint density at radius 2 is 1.88 bits per heavy atom. The van der Waals surface area contributed by atoms with Gasteiger partial charge < -0.3 is 4.74 Å². The van der Waals surface area contributed by atoms with Crippen LogP contribution in [0.2, 0.25) is 19.6 Å². The summed E-state index contributed by atoms with van der Waals surface area (Å²) in [7, 11) is -1.65. The second-order valence-electron chi connectivity index (χ2n) is 7.35. The molecule has 1 aromatic rings. The van der Waals surface area contributed by atoms with Gasteiger partial charge in [0.1, 0.15) is 0 Å². The van der Waals surface area contributed by atoms with E-state index in [1.54, 1.807) is 0 Å². The minimum atomic E-state index is -1.65. The Balaban J connectivity index is 2.59. The van der Waals surface area contributed by atoms with Gasteiger partial charge in [0.15, 0.2) is 0 Å². The molecule has 0 aliphatic carbocycles. The smallest absolute Gasteiger partial charge is 0.0717 e. The second-order valence-corrected chi connectivity index (χ2v) is 12.1. The molecule has 0 aromatic heterocycles. The van der Waals surface area contributed by atoms with Crippen molar-refractivity contribution in [1.82, 2.24) is 0 Å². The summed E-state index contributed by atoms with van der Waals surface area (Å²) >= 11 is 0. The lowest BCUT2D eigenvalue weighted by Gasteiger charge is -2.12. The quantitative estimate of drug-likeness (QED) is 0.227. The van der Waals surface area contributed by atoms with Crippen LogP contribution in [-0.2, 0) is 11.3 Å². The van der Waals surface area contributed by atoms with Crippen LogP contribution in [0.15, 0.2) is 53.7 Å². The van der Waals surface area contributed by atoms with Crippen molar-refractivity contribution in [2.75, 3.05) is 6.61 Å². The Morgan fingerprint density at radius 1 is 1.12 bits per heavy atom. The van der Waals surface area contributed by atoms with E-state index in [4.69, 9.17) is 7.48 Å². The van der Waals surface area contributed by atoms with Gasteiger partial charge >= 0.3 is 0 Å². The van der Waals surface area contributed by atoms with E-state index in [1.807, 2.05) is 24.3 Å². The Kier molecular flexibility index (Phi) is 9.04. The number of hydrogen-bond donors (Lipinski definition) is 0. The zero-order valence-electron chi connectivity index (χ0n) is 18.0. The topological polar surface area (TPSA) is 9.23 Å². The molecular weight excluding hydrogens is 308 g/mol. The van der Waals surface area contributed by atoms with Crippen LogP contribution in [0.4, 0.5) is 0 Å². The molecule has 0 amide bonds. The second kappa shape index (κ2) is 12.3. The standard InChI is InChI=1S/C22H36OSi/c1-5-6-7-9-16-22(20-24(2,3)4)17-12-13-18-23-19-21-14-10-8-11-15-21/h8,10-12,14-15,17,20H,5-7,9,13,16,18-19H2,1-4H3/b17-12+,22-20+/i12D,20D. The summed E-state index contributed by atoms with van der Waals surface area (Å²) in [6, 6.07) is 10.7. The molecule has 0 aliphatic heterocycles. The first-order valence-electron chi connectivity index (χ1n) is 10.3. The molecule has 0 spiro atoms. The van der Waals surface area contributed by atoms with E-state index < -0.39 is 8.07 Å². The van der Waals surface area contributed by atoms with Crippen molar-refractivity contribution in [1.29, 1.82) is 0 Å². The van der Waals surface area contributed by atoms with Crippen LogP contribution in [0.3, 0.4) is 0 Å². The lowest BCUT2D eigenvalue weighted by Crippen LogP contribution is -2.16. The minimum absolute atomic E-state index is 0.549. The highest BCUT2D eigenvalue weighted by Crippen LogP contribution is 2.16. The molecule has 0 N–H and O–H groups in total. The molecule has 0 aliphatic rings. The van der Waals surface area contributed by atoms with Crippen LogP contribution in [0.5, 0.6) is 0 Å². The van der Waals surface area contributed by atoms with Crippen molar-refractivity contribution in [3.8, 4) is 0 Å². The summed E-state index contributed by atoms with van der Waals surface area (Å²) in [5, 5.41) is 0. The lowest BCUT2D eigenvalue weighted by atomic mass is 10.1. The third-order valence-corrected chi connectivity index (χ3v) is 4.68. The maximum absolute atomic E-state index is 8.56. The fourth-order valence-electron chi connectivity index (χ4n) is 2.49. The van der Waals surface area contributed by atoms with Crippen LogP contribution in [-0.4, -0.2) is 14.7 Å². The zero-order chi connectivity index (χ0) is 19.4. The number of benzene rings is 1. The van der Waals surface area contributed by atoms with Crippen molar-refractivity contribution in [3.05, 3.63) is 59.3 Å². The molecule has 134 valence electrons. The molecular formula is C22H36OSi. The lowest BCUT2D eigenvalue weighted by molar-refractivity contribution is 0.125. The van der Waals surface area contributed by atoms with E-state index in [0.717, 1.165) is 29.7 Å². The summed E-state index contributed by atoms with van der Waals surface area (Å²) in [6.07, 6.45) is 8.26. The molecule has 0 heterocycles. The van der Waals surface area contributed by atoms with E-state index in [9.17, 15) is 0 Å². The van der Waals surface area contributed by atoms with E-state index in [2.05, 4.69) is 38.7 Å². The molecule has 0 radical (unpaired) electrons. The maximum Gasteiger partial charge on any atom is 0.0717 e. The molecule has 0 fully saturated rings. The Morgan fingerprint density at radius 3 is 2.54 bits per heavy atom. The van der Waals surface area contributed by atoms with Gasteiger partial charge in [-0.1, -0.05) is 99.5 Å². The summed E-state index contributed by atoms with van der Waals surface area (Å²) in [6.45, 7) is 9.98. The van der Waals surface area contributed by atoms with Gasteiger partial charge in [0.05, 0.1) is 24.0 Å². The van der Waals surface area contributed by atoms with Gasteiger partial charge in [-0.2, -0.15) is 0 Å². The van der Waals surface area contributed by atoms with Gasteiger partial charge in [0.25, 0.3) is 0 Å². The van der Waals surface area contributed by atoms with Gasteiger partial charge in [-0.15, -0.1) is 0 Å². The fraction of sp³-hybridized carbons (Fsp3) is 0.545. The normalized spacial score (nSPS) is 14.9.